The largest absolute Gasteiger partial charge is 0.490 e. The number of carboxylic acids is 2. The number of carboxylic acid groups (broad SMARTS) is 2. The Labute approximate surface area is 221 Å². The molecule has 2 aromatic rings. The van der Waals surface area contributed by atoms with E-state index in [0.29, 0.717) is 22.2 Å². The molecule has 0 aliphatic carbocycles. The van der Waals surface area contributed by atoms with Gasteiger partial charge in [-0.1, -0.05) is 62.2 Å². The molecule has 2 heterocycles. The van der Waals surface area contributed by atoms with E-state index in [1.165, 1.54) is 0 Å². The van der Waals surface area contributed by atoms with Crippen molar-refractivity contribution < 1.29 is 37.8 Å². The lowest BCUT2D eigenvalue weighted by molar-refractivity contribution is -0.192. The van der Waals surface area contributed by atoms with Crippen molar-refractivity contribution in [1.29, 1.82) is 0 Å². The summed E-state index contributed by atoms with van der Waals surface area (Å²) in [6, 6.07) is 11.1. The Kier molecular flexibility index (Phi) is 7.89. The van der Waals surface area contributed by atoms with Gasteiger partial charge in [-0.2, -0.15) is 13.2 Å². The Morgan fingerprint density at radius 1 is 1.03 bits per heavy atom. The maximum absolute atomic E-state index is 13.7. The summed E-state index contributed by atoms with van der Waals surface area (Å²) < 4.78 is 31.7. The number of amides is 1. The summed E-state index contributed by atoms with van der Waals surface area (Å²) in [6.07, 6.45) is -4.47. The molecule has 12 heteroatoms. The Morgan fingerprint density at radius 2 is 1.62 bits per heavy atom. The van der Waals surface area contributed by atoms with E-state index in [4.69, 9.17) is 33.1 Å². The van der Waals surface area contributed by atoms with E-state index in [2.05, 4.69) is 31.4 Å². The van der Waals surface area contributed by atoms with E-state index < -0.39 is 35.5 Å². The van der Waals surface area contributed by atoms with Crippen LogP contribution < -0.4 is 10.6 Å². The third-order valence-electron chi connectivity index (χ3n) is 6.34. The molecule has 200 valence electrons. The van der Waals surface area contributed by atoms with Crippen molar-refractivity contribution in [1.82, 2.24) is 5.32 Å². The summed E-state index contributed by atoms with van der Waals surface area (Å²) >= 11 is 12.4. The molecular weight excluding hydrogens is 536 g/mol. The SMILES string of the molecule is CC(C)(C)CC1NC(C(=O)O)C(c2cccc(Cl)c2)C12C(=O)Nc1cc(Cl)ccc12.O=C(O)C(F)(F)F. The van der Waals surface area contributed by atoms with Gasteiger partial charge in [-0.3, -0.25) is 14.9 Å². The highest BCUT2D eigenvalue weighted by molar-refractivity contribution is 6.31. The number of hydrogen-bond donors (Lipinski definition) is 4. The molecule has 0 radical (unpaired) electrons. The van der Waals surface area contributed by atoms with Crippen molar-refractivity contribution in [2.45, 2.75) is 56.8 Å². The van der Waals surface area contributed by atoms with E-state index in [-0.39, 0.29) is 17.4 Å². The molecule has 0 aromatic heterocycles. The van der Waals surface area contributed by atoms with Crippen molar-refractivity contribution in [3.05, 3.63) is 63.6 Å². The van der Waals surface area contributed by atoms with Crippen LogP contribution in [-0.2, 0) is 19.8 Å². The number of aliphatic carboxylic acids is 2. The maximum Gasteiger partial charge on any atom is 0.490 e. The van der Waals surface area contributed by atoms with Gasteiger partial charge in [0.15, 0.2) is 0 Å². The maximum atomic E-state index is 13.7. The number of alkyl halides is 3. The van der Waals surface area contributed by atoms with Crippen LogP contribution in [0.5, 0.6) is 0 Å². The Hall–Kier alpha value is -2.82. The predicted octanol–water partition coefficient (Wildman–Crippen LogP) is 5.46. The first-order valence-corrected chi connectivity index (χ1v) is 11.9. The quantitative estimate of drug-likeness (QED) is 0.396. The third-order valence-corrected chi connectivity index (χ3v) is 6.81. The van der Waals surface area contributed by atoms with Gasteiger partial charge in [0, 0.05) is 27.7 Å². The van der Waals surface area contributed by atoms with Gasteiger partial charge in [0.2, 0.25) is 5.91 Å². The first kappa shape index (κ1) is 28.7. The molecule has 2 aliphatic rings. The molecule has 4 N–H and O–H groups in total. The number of hydrogen-bond acceptors (Lipinski definition) is 4. The van der Waals surface area contributed by atoms with Gasteiger partial charge in [0.25, 0.3) is 0 Å². The molecule has 1 amide bonds. The van der Waals surface area contributed by atoms with E-state index in [1.54, 1.807) is 30.3 Å². The van der Waals surface area contributed by atoms with E-state index in [1.807, 2.05) is 12.1 Å². The van der Waals surface area contributed by atoms with Gasteiger partial charge in [-0.15, -0.1) is 0 Å². The lowest BCUT2D eigenvalue weighted by atomic mass is 9.62. The lowest BCUT2D eigenvalue weighted by Crippen LogP contribution is -2.49. The van der Waals surface area contributed by atoms with Gasteiger partial charge >= 0.3 is 18.1 Å². The molecule has 4 rings (SSSR count). The molecule has 2 aromatic carbocycles. The highest BCUT2D eigenvalue weighted by Crippen LogP contribution is 2.56. The standard InChI is InChI=1S/C23H24Cl2N2O3.C2HF3O2/c1-22(2,3)11-17-23(15-8-7-14(25)10-16(15)26-21(23)30)18(19(27-17)20(28)29)12-5-4-6-13(24)9-12;3-2(4,5)1(6)7/h4-10,17-19,27H,11H2,1-3H3,(H,26,30)(H,28,29);(H,6,7). The van der Waals surface area contributed by atoms with E-state index in [9.17, 15) is 27.9 Å². The summed E-state index contributed by atoms with van der Waals surface area (Å²) in [7, 11) is 0. The first-order chi connectivity index (χ1) is 17.0. The Balaban J connectivity index is 0.000000479. The molecule has 1 saturated heterocycles. The van der Waals surface area contributed by atoms with E-state index >= 15 is 0 Å². The normalized spacial score (nSPS) is 24.8. The number of nitrogens with one attached hydrogen (secondary N) is 2. The second-order valence-corrected chi connectivity index (χ2v) is 11.0. The zero-order chi connectivity index (χ0) is 27.9. The first-order valence-electron chi connectivity index (χ1n) is 11.1. The third kappa shape index (κ3) is 5.71. The second-order valence-electron chi connectivity index (χ2n) is 10.1. The van der Waals surface area contributed by atoms with Crippen LogP contribution in [0.1, 0.15) is 44.2 Å². The number of fused-ring (bicyclic) bond motifs is 2. The van der Waals surface area contributed by atoms with Crippen LogP contribution in [0.4, 0.5) is 18.9 Å². The minimum absolute atomic E-state index is 0.133. The minimum Gasteiger partial charge on any atom is -0.480 e. The summed E-state index contributed by atoms with van der Waals surface area (Å²) in [5.74, 6) is -4.60. The topological polar surface area (TPSA) is 116 Å². The fraction of sp³-hybridized carbons (Fsp3) is 0.400. The molecule has 0 saturated carbocycles. The smallest absolute Gasteiger partial charge is 0.480 e. The van der Waals surface area contributed by atoms with Crippen molar-refractivity contribution in [3.8, 4) is 0 Å². The van der Waals surface area contributed by atoms with Crippen molar-refractivity contribution in [2.75, 3.05) is 5.32 Å². The number of carbonyl (C=O) groups is 3. The van der Waals surface area contributed by atoms with Crippen LogP contribution in [0.25, 0.3) is 0 Å². The molecule has 7 nitrogen and oxygen atoms in total. The number of carbonyl (C=O) groups excluding carboxylic acids is 1. The predicted molar refractivity (Wildman–Crippen MR) is 132 cm³/mol. The second kappa shape index (κ2) is 10.2. The van der Waals surface area contributed by atoms with E-state index in [0.717, 1.165) is 11.1 Å². The van der Waals surface area contributed by atoms with Gasteiger partial charge in [-0.05, 0) is 47.2 Å². The average molecular weight is 561 g/mol. The van der Waals surface area contributed by atoms with Gasteiger partial charge in [0.05, 0.1) is 0 Å². The number of halogens is 5. The van der Waals surface area contributed by atoms with Crippen molar-refractivity contribution in [2.24, 2.45) is 5.41 Å². The lowest BCUT2D eigenvalue weighted by Gasteiger charge is -2.37. The number of benzene rings is 2. The molecule has 1 spiro atoms. The van der Waals surface area contributed by atoms with Crippen LogP contribution in [0.3, 0.4) is 0 Å². The molecule has 37 heavy (non-hydrogen) atoms. The molecule has 4 unspecified atom stereocenters. The Bertz CT molecular complexity index is 1230. The number of anilines is 1. The van der Waals surface area contributed by atoms with Gasteiger partial charge in [-0.25, -0.2) is 4.79 Å². The zero-order valence-corrected chi connectivity index (χ0v) is 21.5. The molecule has 1 fully saturated rings. The number of rotatable bonds is 3. The fourth-order valence-corrected chi connectivity index (χ4v) is 5.48. The van der Waals surface area contributed by atoms with Crippen LogP contribution in [0, 0.1) is 5.41 Å². The summed E-state index contributed by atoms with van der Waals surface area (Å²) in [5, 5.41) is 24.5. The van der Waals surface area contributed by atoms with Crippen molar-refractivity contribution in [3.63, 3.8) is 0 Å². The van der Waals surface area contributed by atoms with Gasteiger partial charge in [0.1, 0.15) is 11.5 Å². The van der Waals surface area contributed by atoms with Crippen molar-refractivity contribution >= 4 is 46.7 Å². The van der Waals surface area contributed by atoms with Gasteiger partial charge < -0.3 is 15.5 Å². The summed E-state index contributed by atoms with van der Waals surface area (Å²) in [5.41, 5.74) is 0.892. The molecule has 4 atom stereocenters. The average Bonchev–Trinajstić information content (AvgIpc) is 3.22. The summed E-state index contributed by atoms with van der Waals surface area (Å²) in [6.45, 7) is 6.25. The monoisotopic (exact) mass is 560 g/mol. The highest BCUT2D eigenvalue weighted by atomic mass is 35.5. The summed E-state index contributed by atoms with van der Waals surface area (Å²) in [4.78, 5) is 34.9. The molecule has 0 bridgehead atoms. The van der Waals surface area contributed by atoms with Crippen LogP contribution in [-0.4, -0.2) is 46.3 Å². The fourth-order valence-electron chi connectivity index (χ4n) is 5.11. The zero-order valence-electron chi connectivity index (χ0n) is 20.0. The molecular formula is C25H25Cl2F3N2O5. The van der Waals surface area contributed by atoms with Crippen LogP contribution >= 0.6 is 23.2 Å². The Morgan fingerprint density at radius 3 is 2.14 bits per heavy atom. The molecule has 2 aliphatic heterocycles. The van der Waals surface area contributed by atoms with Crippen LogP contribution in [0.2, 0.25) is 10.0 Å². The van der Waals surface area contributed by atoms with Crippen LogP contribution in [0.15, 0.2) is 42.5 Å². The highest BCUT2D eigenvalue weighted by Gasteiger charge is 2.65. The minimum atomic E-state index is -5.08.